The van der Waals surface area contributed by atoms with E-state index in [0.717, 1.165) is 0 Å². The highest BCUT2D eigenvalue weighted by atomic mass is 16.4. The molecule has 0 rings (SSSR count). The minimum Gasteiger partial charge on any atom is -0.480 e. The van der Waals surface area contributed by atoms with Gasteiger partial charge in [0.25, 0.3) is 0 Å². The number of hydrogen-bond donors (Lipinski definition) is 8. The average molecular weight is 364 g/mol. The molecule has 0 saturated carbocycles. The molecule has 0 aliphatic heterocycles. The van der Waals surface area contributed by atoms with Gasteiger partial charge in [-0.2, -0.15) is 0 Å². The number of hydrogen-bond acceptors (Lipinski definition) is 8. The summed E-state index contributed by atoms with van der Waals surface area (Å²) in [6.45, 7) is 1.01. The maximum absolute atomic E-state index is 11.9. The van der Waals surface area contributed by atoms with Gasteiger partial charge in [0.2, 0.25) is 17.7 Å². The van der Waals surface area contributed by atoms with E-state index in [-0.39, 0.29) is 0 Å². The molecular formula is C13H24N4O8. The van der Waals surface area contributed by atoms with Crippen LogP contribution in [0.15, 0.2) is 0 Å². The third kappa shape index (κ3) is 7.89. The molecule has 0 unspecified atom stereocenters. The zero-order chi connectivity index (χ0) is 19.7. The first-order valence-corrected chi connectivity index (χ1v) is 7.34. The fourth-order valence-electron chi connectivity index (χ4n) is 1.58. The quantitative estimate of drug-likeness (QED) is 0.187. The van der Waals surface area contributed by atoms with Crippen LogP contribution in [0.3, 0.4) is 0 Å². The van der Waals surface area contributed by atoms with Gasteiger partial charge < -0.3 is 42.1 Å². The number of carboxylic acids is 1. The summed E-state index contributed by atoms with van der Waals surface area (Å²) < 4.78 is 0. The van der Waals surface area contributed by atoms with E-state index in [1.165, 1.54) is 13.8 Å². The number of aliphatic carboxylic acids is 1. The Morgan fingerprint density at radius 2 is 1.56 bits per heavy atom. The van der Waals surface area contributed by atoms with Crippen molar-refractivity contribution >= 4 is 23.7 Å². The van der Waals surface area contributed by atoms with E-state index in [9.17, 15) is 24.3 Å². The zero-order valence-electron chi connectivity index (χ0n) is 13.8. The fraction of sp³-hybridized carbons (Fsp3) is 0.692. The largest absolute Gasteiger partial charge is 0.480 e. The van der Waals surface area contributed by atoms with Crippen molar-refractivity contribution in [3.05, 3.63) is 0 Å². The molecule has 12 nitrogen and oxygen atoms in total. The second-order valence-corrected chi connectivity index (χ2v) is 5.35. The van der Waals surface area contributed by atoms with Crippen LogP contribution in [-0.2, 0) is 19.2 Å². The zero-order valence-corrected chi connectivity index (χ0v) is 13.8. The third-order valence-electron chi connectivity index (χ3n) is 3.12. The van der Waals surface area contributed by atoms with Gasteiger partial charge in [-0.25, -0.2) is 4.79 Å². The van der Waals surface area contributed by atoms with E-state index in [1.807, 2.05) is 5.32 Å². The number of aliphatic hydroxyl groups excluding tert-OH is 3. The highest BCUT2D eigenvalue weighted by molar-refractivity contribution is 5.92. The van der Waals surface area contributed by atoms with Crippen molar-refractivity contribution in [1.82, 2.24) is 16.0 Å². The summed E-state index contributed by atoms with van der Waals surface area (Å²) in [5, 5.41) is 42.5. The predicted octanol–water partition coefficient (Wildman–Crippen LogP) is -4.76. The Morgan fingerprint density at radius 3 is 1.96 bits per heavy atom. The number of nitrogens with two attached hydrogens (primary N) is 1. The molecule has 0 heterocycles. The van der Waals surface area contributed by atoms with Gasteiger partial charge in [0.1, 0.15) is 18.1 Å². The molecule has 0 aliphatic carbocycles. The van der Waals surface area contributed by atoms with Crippen molar-refractivity contribution in [2.75, 3.05) is 13.2 Å². The second kappa shape index (κ2) is 10.6. The fourth-order valence-corrected chi connectivity index (χ4v) is 1.58. The molecule has 25 heavy (non-hydrogen) atoms. The van der Waals surface area contributed by atoms with Gasteiger partial charge in [-0.3, -0.25) is 14.4 Å². The lowest BCUT2D eigenvalue weighted by Crippen LogP contribution is -2.58. The van der Waals surface area contributed by atoms with E-state index in [1.54, 1.807) is 0 Å². The summed E-state index contributed by atoms with van der Waals surface area (Å²) in [5.74, 6) is -4.18. The van der Waals surface area contributed by atoms with Crippen molar-refractivity contribution in [1.29, 1.82) is 0 Å². The Kier molecular flexibility index (Phi) is 9.59. The number of carbonyl (C=O) groups excluding carboxylic acids is 3. The molecule has 144 valence electrons. The molecule has 0 aromatic carbocycles. The molecule has 0 bridgehead atoms. The van der Waals surface area contributed by atoms with Crippen LogP contribution in [-0.4, -0.2) is 87.6 Å². The van der Waals surface area contributed by atoms with Crippen LogP contribution in [0, 0.1) is 0 Å². The van der Waals surface area contributed by atoms with Gasteiger partial charge >= 0.3 is 5.97 Å². The average Bonchev–Trinajstić information content (AvgIpc) is 2.53. The minimum atomic E-state index is -1.60. The number of nitrogens with one attached hydrogen (secondary N) is 3. The molecule has 0 fully saturated rings. The van der Waals surface area contributed by atoms with E-state index in [0.29, 0.717) is 0 Å². The maximum atomic E-state index is 11.9. The van der Waals surface area contributed by atoms with Crippen LogP contribution in [0.25, 0.3) is 0 Å². The Bertz CT molecular complexity index is 496. The molecule has 5 atom stereocenters. The summed E-state index contributed by atoms with van der Waals surface area (Å²) >= 11 is 0. The lowest BCUT2D eigenvalue weighted by molar-refractivity contribution is -0.144. The normalized spacial score (nSPS) is 16.7. The second-order valence-electron chi connectivity index (χ2n) is 5.35. The van der Waals surface area contributed by atoms with Crippen LogP contribution in [0.1, 0.15) is 13.8 Å². The monoisotopic (exact) mass is 364 g/mol. The Labute approximate surface area is 143 Å². The Hall–Kier alpha value is -2.28. The standard InChI is InChI=1S/C13H24N4O8/c1-5(19)9(14)11(22)15-3-8(21)17-10(6(2)20)12(23)16-7(4-18)13(24)25/h5-7,9-10,18-20H,3-4,14H2,1-2H3,(H,15,22)(H,16,23)(H,17,21)(H,24,25)/t5-,6+,7-,9-,10-/m0/s1. The smallest absolute Gasteiger partial charge is 0.328 e. The van der Waals surface area contributed by atoms with Gasteiger partial charge in [0.15, 0.2) is 0 Å². The Morgan fingerprint density at radius 1 is 1.00 bits per heavy atom. The van der Waals surface area contributed by atoms with Crippen molar-refractivity contribution < 1.29 is 39.6 Å². The SMILES string of the molecule is C[C@H](O)[C@H](N)C(=O)NCC(=O)N[C@H](C(=O)N[C@@H](CO)C(=O)O)[C@@H](C)O. The highest BCUT2D eigenvalue weighted by Gasteiger charge is 2.29. The molecule has 0 aromatic rings. The van der Waals surface area contributed by atoms with E-state index in [4.69, 9.17) is 21.1 Å². The first-order valence-electron chi connectivity index (χ1n) is 7.34. The third-order valence-corrected chi connectivity index (χ3v) is 3.12. The summed E-state index contributed by atoms with van der Waals surface area (Å²) in [6.07, 6.45) is -2.52. The van der Waals surface area contributed by atoms with Crippen molar-refractivity contribution in [3.63, 3.8) is 0 Å². The van der Waals surface area contributed by atoms with Gasteiger partial charge in [0, 0.05) is 0 Å². The molecular weight excluding hydrogens is 340 g/mol. The number of amides is 3. The molecule has 9 N–H and O–H groups in total. The lowest BCUT2D eigenvalue weighted by Gasteiger charge is -2.23. The highest BCUT2D eigenvalue weighted by Crippen LogP contribution is 1.96. The van der Waals surface area contributed by atoms with Crippen LogP contribution in [0.4, 0.5) is 0 Å². The summed E-state index contributed by atoms with van der Waals surface area (Å²) in [6, 6.07) is -4.36. The number of carbonyl (C=O) groups is 4. The van der Waals surface area contributed by atoms with Gasteiger partial charge in [-0.15, -0.1) is 0 Å². The molecule has 0 radical (unpaired) electrons. The lowest BCUT2D eigenvalue weighted by atomic mass is 10.1. The maximum Gasteiger partial charge on any atom is 0.328 e. The van der Waals surface area contributed by atoms with Crippen molar-refractivity contribution in [3.8, 4) is 0 Å². The summed E-state index contributed by atoms with van der Waals surface area (Å²) in [4.78, 5) is 46.0. The van der Waals surface area contributed by atoms with Crippen LogP contribution >= 0.6 is 0 Å². The van der Waals surface area contributed by atoms with Crippen LogP contribution in [0.2, 0.25) is 0 Å². The minimum absolute atomic E-state index is 0.585. The topological polar surface area (TPSA) is 211 Å². The Balaban J connectivity index is 4.70. The summed E-state index contributed by atoms with van der Waals surface area (Å²) in [7, 11) is 0. The number of rotatable bonds is 10. The van der Waals surface area contributed by atoms with Gasteiger partial charge in [-0.05, 0) is 13.8 Å². The van der Waals surface area contributed by atoms with Gasteiger partial charge in [-0.1, -0.05) is 0 Å². The summed E-state index contributed by atoms with van der Waals surface area (Å²) in [5.41, 5.74) is 5.37. The molecule has 0 spiro atoms. The predicted molar refractivity (Wildman–Crippen MR) is 82.9 cm³/mol. The van der Waals surface area contributed by atoms with Crippen molar-refractivity contribution in [2.45, 2.75) is 44.2 Å². The molecule has 0 aromatic heterocycles. The molecule has 3 amide bonds. The van der Waals surface area contributed by atoms with Crippen LogP contribution in [0.5, 0.6) is 0 Å². The molecule has 0 saturated heterocycles. The first-order chi connectivity index (χ1) is 11.5. The van der Waals surface area contributed by atoms with E-state index >= 15 is 0 Å². The van der Waals surface area contributed by atoms with E-state index < -0.39 is 67.2 Å². The molecule has 0 aliphatic rings. The van der Waals surface area contributed by atoms with Crippen molar-refractivity contribution in [2.24, 2.45) is 5.73 Å². The molecule has 12 heteroatoms. The van der Waals surface area contributed by atoms with Crippen LogP contribution < -0.4 is 21.7 Å². The number of carboxylic acid groups (broad SMARTS) is 1. The first kappa shape index (κ1) is 22.7. The number of aliphatic hydroxyl groups is 3. The van der Waals surface area contributed by atoms with Gasteiger partial charge in [0.05, 0.1) is 25.4 Å². The van der Waals surface area contributed by atoms with E-state index in [2.05, 4.69) is 10.6 Å².